The Labute approximate surface area is 145 Å². The van der Waals surface area contributed by atoms with E-state index in [-0.39, 0.29) is 9.92 Å². The molecule has 0 aliphatic rings. The predicted molar refractivity (Wildman–Crippen MR) is 91.0 cm³/mol. The van der Waals surface area contributed by atoms with Gasteiger partial charge in [0.05, 0.1) is 22.6 Å². The van der Waals surface area contributed by atoms with Gasteiger partial charge in [-0.15, -0.1) is 0 Å². The van der Waals surface area contributed by atoms with E-state index in [0.717, 1.165) is 0 Å². The standard InChI is InChI=1S/C16H14ClN3O3S/c1-11(16(21)19-14-6-2-4-12(8-14)10-18)20-24(22,23)15-7-3-5-13(17)9-15/h2-9,11,20H,1H3,(H,19,21)/t11-/m0/s1. The third-order valence-electron chi connectivity index (χ3n) is 3.09. The highest BCUT2D eigenvalue weighted by Gasteiger charge is 2.22. The molecule has 2 aromatic carbocycles. The molecule has 0 fully saturated rings. The average molecular weight is 364 g/mol. The van der Waals surface area contributed by atoms with Crippen LogP contribution in [0.5, 0.6) is 0 Å². The maximum Gasteiger partial charge on any atom is 0.242 e. The minimum absolute atomic E-state index is 0.0267. The highest BCUT2D eigenvalue weighted by atomic mass is 35.5. The van der Waals surface area contributed by atoms with Crippen molar-refractivity contribution < 1.29 is 13.2 Å². The molecule has 0 saturated heterocycles. The molecule has 0 saturated carbocycles. The maximum absolute atomic E-state index is 12.3. The Bertz CT molecular complexity index is 907. The number of halogens is 1. The molecule has 2 aromatic rings. The van der Waals surface area contributed by atoms with Crippen LogP contribution in [-0.4, -0.2) is 20.4 Å². The summed E-state index contributed by atoms with van der Waals surface area (Å²) in [7, 11) is -3.88. The van der Waals surface area contributed by atoms with Gasteiger partial charge in [0.2, 0.25) is 15.9 Å². The third kappa shape index (κ3) is 4.55. The number of carbonyl (C=O) groups excluding carboxylic acids is 1. The van der Waals surface area contributed by atoms with Crippen LogP contribution in [0.2, 0.25) is 5.02 Å². The van der Waals surface area contributed by atoms with Crippen LogP contribution in [0.1, 0.15) is 12.5 Å². The van der Waals surface area contributed by atoms with E-state index in [4.69, 9.17) is 16.9 Å². The summed E-state index contributed by atoms with van der Waals surface area (Å²) in [5.74, 6) is -0.546. The summed E-state index contributed by atoms with van der Waals surface area (Å²) in [5, 5.41) is 11.7. The first-order chi connectivity index (χ1) is 11.3. The van der Waals surface area contributed by atoms with Gasteiger partial charge in [-0.05, 0) is 43.3 Å². The zero-order valence-electron chi connectivity index (χ0n) is 12.7. The fourth-order valence-corrected chi connectivity index (χ4v) is 3.41. The number of anilines is 1. The number of amides is 1. The van der Waals surface area contributed by atoms with Gasteiger partial charge >= 0.3 is 0 Å². The molecule has 2 rings (SSSR count). The highest BCUT2D eigenvalue weighted by Crippen LogP contribution is 2.16. The van der Waals surface area contributed by atoms with Crippen LogP contribution in [0, 0.1) is 11.3 Å². The molecule has 2 N–H and O–H groups in total. The molecule has 0 radical (unpaired) electrons. The van der Waals surface area contributed by atoms with Crippen molar-refractivity contribution in [2.24, 2.45) is 0 Å². The van der Waals surface area contributed by atoms with Crippen molar-refractivity contribution in [3.05, 3.63) is 59.1 Å². The van der Waals surface area contributed by atoms with E-state index in [2.05, 4.69) is 10.0 Å². The Hall–Kier alpha value is -2.40. The summed E-state index contributed by atoms with van der Waals surface area (Å²) >= 11 is 5.79. The third-order valence-corrected chi connectivity index (χ3v) is 4.86. The van der Waals surface area contributed by atoms with Crippen molar-refractivity contribution in [1.29, 1.82) is 5.26 Å². The van der Waals surface area contributed by atoms with Crippen LogP contribution >= 0.6 is 11.6 Å². The summed E-state index contributed by atoms with van der Waals surface area (Å²) < 4.78 is 26.8. The first kappa shape index (κ1) is 17.9. The lowest BCUT2D eigenvalue weighted by Gasteiger charge is -2.14. The zero-order valence-corrected chi connectivity index (χ0v) is 14.2. The summed E-state index contributed by atoms with van der Waals surface area (Å²) in [6.45, 7) is 1.42. The average Bonchev–Trinajstić information content (AvgIpc) is 2.54. The molecule has 0 unspecified atom stereocenters. The molecule has 8 heteroatoms. The lowest BCUT2D eigenvalue weighted by Crippen LogP contribution is -2.41. The fourth-order valence-electron chi connectivity index (χ4n) is 1.91. The molecule has 0 heterocycles. The quantitative estimate of drug-likeness (QED) is 0.852. The summed E-state index contributed by atoms with van der Waals surface area (Å²) in [4.78, 5) is 12.1. The Morgan fingerprint density at radius 2 is 1.92 bits per heavy atom. The number of hydrogen-bond donors (Lipinski definition) is 2. The Kier molecular flexibility index (Phi) is 5.57. The molecular formula is C16H14ClN3O3S. The summed E-state index contributed by atoms with van der Waals surface area (Å²) in [6.07, 6.45) is 0. The van der Waals surface area contributed by atoms with Gasteiger partial charge in [-0.3, -0.25) is 4.79 Å². The number of sulfonamides is 1. The van der Waals surface area contributed by atoms with Crippen LogP contribution in [0.15, 0.2) is 53.4 Å². The van der Waals surface area contributed by atoms with Gasteiger partial charge in [0, 0.05) is 10.7 Å². The van der Waals surface area contributed by atoms with E-state index in [1.807, 2.05) is 6.07 Å². The number of nitrogens with one attached hydrogen (secondary N) is 2. The van der Waals surface area contributed by atoms with Crippen LogP contribution in [0.25, 0.3) is 0 Å². The second kappa shape index (κ2) is 7.45. The minimum atomic E-state index is -3.88. The van der Waals surface area contributed by atoms with Gasteiger partial charge in [-0.2, -0.15) is 9.98 Å². The van der Waals surface area contributed by atoms with Crippen LogP contribution < -0.4 is 10.0 Å². The molecule has 0 bridgehead atoms. The monoisotopic (exact) mass is 363 g/mol. The highest BCUT2D eigenvalue weighted by molar-refractivity contribution is 7.89. The summed E-state index contributed by atoms with van der Waals surface area (Å²) in [5.41, 5.74) is 0.799. The van der Waals surface area contributed by atoms with Crippen LogP contribution in [-0.2, 0) is 14.8 Å². The van der Waals surface area contributed by atoms with Gasteiger partial charge in [0.25, 0.3) is 0 Å². The largest absolute Gasteiger partial charge is 0.325 e. The number of benzene rings is 2. The first-order valence-corrected chi connectivity index (χ1v) is 8.77. The smallest absolute Gasteiger partial charge is 0.242 e. The molecule has 1 atom stereocenters. The Morgan fingerprint density at radius 3 is 2.58 bits per heavy atom. The predicted octanol–water partition coefficient (Wildman–Crippen LogP) is 2.52. The van der Waals surface area contributed by atoms with Crippen molar-refractivity contribution in [3.8, 4) is 6.07 Å². The molecule has 124 valence electrons. The Balaban J connectivity index is 2.09. The molecule has 0 aliphatic carbocycles. The normalized spacial score (nSPS) is 12.2. The SMILES string of the molecule is C[C@H](NS(=O)(=O)c1cccc(Cl)c1)C(=O)Nc1cccc(C#N)c1. The topological polar surface area (TPSA) is 99.1 Å². The molecule has 1 amide bonds. The van der Waals surface area contributed by atoms with E-state index < -0.39 is 22.0 Å². The number of carbonyl (C=O) groups is 1. The van der Waals surface area contributed by atoms with E-state index >= 15 is 0 Å². The molecule has 0 aliphatic heterocycles. The van der Waals surface area contributed by atoms with E-state index in [9.17, 15) is 13.2 Å². The van der Waals surface area contributed by atoms with E-state index in [1.54, 1.807) is 24.3 Å². The second-order valence-corrected chi connectivity index (χ2v) is 7.13. The van der Waals surface area contributed by atoms with Crippen molar-refractivity contribution in [3.63, 3.8) is 0 Å². The van der Waals surface area contributed by atoms with Crippen LogP contribution in [0.4, 0.5) is 5.69 Å². The number of hydrogen-bond acceptors (Lipinski definition) is 4. The Morgan fingerprint density at radius 1 is 1.21 bits per heavy atom. The lowest BCUT2D eigenvalue weighted by atomic mass is 10.2. The maximum atomic E-state index is 12.3. The van der Waals surface area contributed by atoms with Crippen molar-refractivity contribution in [2.45, 2.75) is 17.9 Å². The molecule has 0 aromatic heterocycles. The lowest BCUT2D eigenvalue weighted by molar-refractivity contribution is -0.117. The molecule has 6 nitrogen and oxygen atoms in total. The minimum Gasteiger partial charge on any atom is -0.325 e. The second-order valence-electron chi connectivity index (χ2n) is 4.98. The van der Waals surface area contributed by atoms with E-state index in [0.29, 0.717) is 11.3 Å². The van der Waals surface area contributed by atoms with Gasteiger partial charge < -0.3 is 5.32 Å². The van der Waals surface area contributed by atoms with Gasteiger partial charge in [0.1, 0.15) is 0 Å². The van der Waals surface area contributed by atoms with Gasteiger partial charge in [0.15, 0.2) is 0 Å². The molecule has 24 heavy (non-hydrogen) atoms. The fraction of sp³-hybridized carbons (Fsp3) is 0.125. The molecule has 0 spiro atoms. The van der Waals surface area contributed by atoms with Crippen LogP contribution in [0.3, 0.4) is 0 Å². The van der Waals surface area contributed by atoms with E-state index in [1.165, 1.54) is 31.2 Å². The van der Waals surface area contributed by atoms with Gasteiger partial charge in [-0.1, -0.05) is 23.7 Å². The van der Waals surface area contributed by atoms with Gasteiger partial charge in [-0.25, -0.2) is 8.42 Å². The van der Waals surface area contributed by atoms with Crippen molar-refractivity contribution in [1.82, 2.24) is 4.72 Å². The number of nitrogens with zero attached hydrogens (tertiary/aromatic N) is 1. The molecular weight excluding hydrogens is 350 g/mol. The zero-order chi connectivity index (χ0) is 17.7. The van der Waals surface area contributed by atoms with Crippen molar-refractivity contribution in [2.75, 3.05) is 5.32 Å². The van der Waals surface area contributed by atoms with Crippen molar-refractivity contribution >= 4 is 33.2 Å². The number of nitriles is 1. The first-order valence-electron chi connectivity index (χ1n) is 6.91. The summed E-state index contributed by atoms with van der Waals surface area (Å²) in [6, 6.07) is 13.0. The number of rotatable bonds is 5.